The lowest BCUT2D eigenvalue weighted by Crippen LogP contribution is -2.44. The highest BCUT2D eigenvalue weighted by Gasteiger charge is 2.16. The van der Waals surface area contributed by atoms with E-state index in [2.05, 4.69) is 37.4 Å². The topological polar surface area (TPSA) is 99.4 Å². The van der Waals surface area contributed by atoms with E-state index < -0.39 is 17.5 Å². The van der Waals surface area contributed by atoms with Crippen molar-refractivity contribution >= 4 is 29.0 Å². The van der Waals surface area contributed by atoms with Gasteiger partial charge in [-0.15, -0.1) is 0 Å². The summed E-state index contributed by atoms with van der Waals surface area (Å²) in [6.45, 7) is 3.77. The van der Waals surface area contributed by atoms with Gasteiger partial charge in [-0.05, 0) is 43.4 Å². The van der Waals surface area contributed by atoms with E-state index in [1.807, 2.05) is 24.3 Å². The number of likely N-dealkylation sites (N-methyl/N-ethyl adjacent to an activating group) is 1. The van der Waals surface area contributed by atoms with Gasteiger partial charge in [-0.1, -0.05) is 6.07 Å². The first-order valence-corrected chi connectivity index (χ1v) is 10.5. The van der Waals surface area contributed by atoms with Crippen LogP contribution in [0.4, 0.5) is 31.9 Å². The summed E-state index contributed by atoms with van der Waals surface area (Å²) in [6, 6.07) is 11.5. The molecule has 8 nitrogen and oxygen atoms in total. The molecule has 0 bridgehead atoms. The Labute approximate surface area is 190 Å². The molecule has 0 aliphatic carbocycles. The van der Waals surface area contributed by atoms with Crippen molar-refractivity contribution in [1.29, 1.82) is 0 Å². The average Bonchev–Trinajstić information content (AvgIpc) is 2.80. The molecule has 1 aliphatic rings. The first kappa shape index (κ1) is 22.4. The zero-order valence-corrected chi connectivity index (χ0v) is 18.2. The van der Waals surface area contributed by atoms with Crippen molar-refractivity contribution in [2.45, 2.75) is 6.54 Å². The maximum absolute atomic E-state index is 13.9. The fourth-order valence-electron chi connectivity index (χ4n) is 3.58. The van der Waals surface area contributed by atoms with E-state index in [1.165, 1.54) is 12.3 Å². The lowest BCUT2D eigenvalue weighted by Gasteiger charge is -2.34. The number of amides is 1. The minimum atomic E-state index is -0.755. The standard InChI is InChI=1S/C23H25F2N7O/c1-31-9-11-32(12-10-31)16-7-5-15(6-8-16)29-23-28-14-18(21(26)33)22(30-23)27-13-17-19(24)3-2-4-20(17)25/h2-8,14H,9-13H2,1H3,(H2,26,33)(H2,27,28,29,30). The molecule has 2 aromatic carbocycles. The molecule has 10 heteroatoms. The van der Waals surface area contributed by atoms with Gasteiger partial charge in [-0.3, -0.25) is 4.79 Å². The Bertz CT molecular complexity index is 1110. The Hall–Kier alpha value is -3.79. The van der Waals surface area contributed by atoms with Crippen molar-refractivity contribution in [1.82, 2.24) is 14.9 Å². The molecule has 0 atom stereocenters. The molecule has 1 aromatic heterocycles. The molecule has 2 heterocycles. The maximum atomic E-state index is 13.9. The molecule has 0 unspecified atom stereocenters. The Morgan fingerprint density at radius 1 is 1.06 bits per heavy atom. The number of carbonyl (C=O) groups excluding carboxylic acids is 1. The molecule has 1 amide bonds. The smallest absolute Gasteiger partial charge is 0.254 e. The predicted octanol–water partition coefficient (Wildman–Crippen LogP) is 2.96. The summed E-state index contributed by atoms with van der Waals surface area (Å²) in [5.41, 5.74) is 7.14. The summed E-state index contributed by atoms with van der Waals surface area (Å²) >= 11 is 0. The second-order valence-electron chi connectivity index (χ2n) is 7.84. The van der Waals surface area contributed by atoms with Crippen LogP contribution in [0.2, 0.25) is 0 Å². The van der Waals surface area contributed by atoms with Crippen LogP contribution in [0.3, 0.4) is 0 Å². The Morgan fingerprint density at radius 3 is 2.36 bits per heavy atom. The molecule has 1 aliphatic heterocycles. The second kappa shape index (κ2) is 9.78. The van der Waals surface area contributed by atoms with Gasteiger partial charge in [0.05, 0.1) is 5.56 Å². The SMILES string of the molecule is CN1CCN(c2ccc(Nc3ncc(C(N)=O)c(NCc4c(F)cccc4F)n3)cc2)CC1. The summed E-state index contributed by atoms with van der Waals surface area (Å²) < 4.78 is 27.9. The quantitative estimate of drug-likeness (QED) is 0.506. The molecule has 0 radical (unpaired) electrons. The van der Waals surface area contributed by atoms with E-state index >= 15 is 0 Å². The normalized spacial score (nSPS) is 14.2. The number of benzene rings is 2. The third kappa shape index (κ3) is 5.35. The van der Waals surface area contributed by atoms with E-state index in [-0.39, 0.29) is 29.4 Å². The van der Waals surface area contributed by atoms with Crippen LogP contribution in [0.1, 0.15) is 15.9 Å². The summed E-state index contributed by atoms with van der Waals surface area (Å²) in [5, 5.41) is 5.87. The highest BCUT2D eigenvalue weighted by atomic mass is 19.1. The van der Waals surface area contributed by atoms with E-state index in [0.29, 0.717) is 0 Å². The van der Waals surface area contributed by atoms with Crippen molar-refractivity contribution in [2.24, 2.45) is 5.73 Å². The average molecular weight is 453 g/mol. The van der Waals surface area contributed by atoms with Gasteiger partial charge >= 0.3 is 0 Å². The second-order valence-corrected chi connectivity index (χ2v) is 7.84. The van der Waals surface area contributed by atoms with Gasteiger partial charge < -0.3 is 26.2 Å². The number of hydrogen-bond acceptors (Lipinski definition) is 7. The highest BCUT2D eigenvalue weighted by Crippen LogP contribution is 2.23. The molecule has 4 N–H and O–H groups in total. The lowest BCUT2D eigenvalue weighted by atomic mass is 10.2. The number of carbonyl (C=O) groups is 1. The lowest BCUT2D eigenvalue weighted by molar-refractivity contribution is 0.100. The number of halogens is 2. The van der Waals surface area contributed by atoms with E-state index in [4.69, 9.17) is 5.73 Å². The molecule has 172 valence electrons. The van der Waals surface area contributed by atoms with Crippen molar-refractivity contribution in [3.05, 3.63) is 71.4 Å². The number of anilines is 4. The Morgan fingerprint density at radius 2 is 1.73 bits per heavy atom. The predicted molar refractivity (Wildman–Crippen MR) is 124 cm³/mol. The number of piperazine rings is 1. The molecule has 0 saturated carbocycles. The molecule has 0 spiro atoms. The Kier molecular flexibility index (Phi) is 6.64. The third-order valence-electron chi connectivity index (χ3n) is 5.54. The molecule has 4 rings (SSSR count). The van der Waals surface area contributed by atoms with Gasteiger partial charge in [0.1, 0.15) is 17.5 Å². The van der Waals surface area contributed by atoms with Gasteiger partial charge in [-0.25, -0.2) is 13.8 Å². The number of nitrogens with one attached hydrogen (secondary N) is 2. The van der Waals surface area contributed by atoms with Gasteiger partial charge in [0.15, 0.2) is 0 Å². The highest BCUT2D eigenvalue weighted by molar-refractivity contribution is 5.97. The first-order chi connectivity index (χ1) is 15.9. The number of nitrogens with two attached hydrogens (primary N) is 1. The third-order valence-corrected chi connectivity index (χ3v) is 5.54. The minimum absolute atomic E-state index is 0.0164. The number of aromatic nitrogens is 2. The number of primary amides is 1. The maximum Gasteiger partial charge on any atom is 0.254 e. The molecule has 1 saturated heterocycles. The first-order valence-electron chi connectivity index (χ1n) is 10.5. The van der Waals surface area contributed by atoms with Gasteiger partial charge in [0, 0.05) is 55.9 Å². The van der Waals surface area contributed by atoms with Crippen LogP contribution < -0.4 is 21.3 Å². The van der Waals surface area contributed by atoms with E-state index in [0.717, 1.165) is 49.7 Å². The van der Waals surface area contributed by atoms with E-state index in [1.54, 1.807) is 0 Å². The van der Waals surface area contributed by atoms with Crippen LogP contribution in [-0.4, -0.2) is 54.0 Å². The van der Waals surface area contributed by atoms with Crippen LogP contribution >= 0.6 is 0 Å². The molecule has 1 fully saturated rings. The van der Waals surface area contributed by atoms with Gasteiger partial charge in [0.25, 0.3) is 5.91 Å². The molecule has 33 heavy (non-hydrogen) atoms. The van der Waals surface area contributed by atoms with Crippen molar-refractivity contribution in [2.75, 3.05) is 48.8 Å². The van der Waals surface area contributed by atoms with Gasteiger partial charge in [0.2, 0.25) is 5.95 Å². The van der Waals surface area contributed by atoms with E-state index in [9.17, 15) is 13.6 Å². The Balaban J connectivity index is 1.48. The summed E-state index contributed by atoms with van der Waals surface area (Å²) in [7, 11) is 2.11. The fraction of sp³-hybridized carbons (Fsp3) is 0.261. The zero-order chi connectivity index (χ0) is 23.4. The van der Waals surface area contributed by atoms with Crippen LogP contribution in [-0.2, 0) is 6.54 Å². The van der Waals surface area contributed by atoms with Crippen LogP contribution in [0.25, 0.3) is 0 Å². The van der Waals surface area contributed by atoms with Crippen molar-refractivity contribution in [3.8, 4) is 0 Å². The number of hydrogen-bond donors (Lipinski definition) is 3. The molecular weight excluding hydrogens is 428 g/mol. The van der Waals surface area contributed by atoms with Gasteiger partial charge in [-0.2, -0.15) is 4.98 Å². The fourth-order valence-corrected chi connectivity index (χ4v) is 3.58. The molecular formula is C23H25F2N7O. The minimum Gasteiger partial charge on any atom is -0.369 e. The molecule has 3 aromatic rings. The zero-order valence-electron chi connectivity index (χ0n) is 18.2. The van der Waals surface area contributed by atoms with Crippen LogP contribution in [0, 0.1) is 11.6 Å². The number of nitrogens with zero attached hydrogens (tertiary/aromatic N) is 4. The van der Waals surface area contributed by atoms with Crippen molar-refractivity contribution in [3.63, 3.8) is 0 Å². The largest absolute Gasteiger partial charge is 0.369 e. The monoisotopic (exact) mass is 453 g/mol. The number of rotatable bonds is 7. The summed E-state index contributed by atoms with van der Waals surface area (Å²) in [4.78, 5) is 24.8. The summed E-state index contributed by atoms with van der Waals surface area (Å²) in [5.74, 6) is -1.86. The summed E-state index contributed by atoms with van der Waals surface area (Å²) in [6.07, 6.45) is 1.27. The van der Waals surface area contributed by atoms with Crippen molar-refractivity contribution < 1.29 is 13.6 Å². The van der Waals surface area contributed by atoms with Crippen LogP contribution in [0.5, 0.6) is 0 Å². The van der Waals surface area contributed by atoms with Crippen LogP contribution in [0.15, 0.2) is 48.7 Å².